The smallest absolute Gasteiger partial charge is 0.147 e. The zero-order valence-corrected chi connectivity index (χ0v) is 19.0. The Hall–Kier alpha value is -1.48. The minimum absolute atomic E-state index is 0.0133. The van der Waals surface area contributed by atoms with E-state index in [9.17, 15) is 40.9 Å². The van der Waals surface area contributed by atoms with E-state index in [4.69, 9.17) is 32.7 Å². The molecule has 0 radical (unpaired) electrons. The third-order valence-electron chi connectivity index (χ3n) is 5.57. The quantitative estimate of drug-likeness (QED) is 0.193. The zero-order valence-electron chi connectivity index (χ0n) is 17.5. The molecule has 0 spiro atoms. The van der Waals surface area contributed by atoms with Crippen LogP contribution in [0.4, 0.5) is 0 Å². The van der Waals surface area contributed by atoms with E-state index >= 15 is 0 Å². The minimum Gasteiger partial charge on any atom is -0.394 e. The molecule has 2 heterocycles. The van der Waals surface area contributed by atoms with Crippen LogP contribution in [0.1, 0.15) is 11.1 Å². The molecule has 8 N–H and O–H groups in total. The van der Waals surface area contributed by atoms with Crippen molar-refractivity contribution in [3.8, 4) is 23.7 Å². The predicted octanol–water partition coefficient (Wildman–Crippen LogP) is -2.62. The lowest BCUT2D eigenvalue weighted by Gasteiger charge is -2.37. The maximum atomic E-state index is 10.1. The van der Waals surface area contributed by atoms with Gasteiger partial charge in [0.1, 0.15) is 61.0 Å². The standard InChI is InChI=1S/C22H24Cl2O10/c23-15-9(3-5-11-17(27)21(31)19(29)13(7-25)33-11)1-2-10(16(15)24)4-6-12-18(28)22(32)20(30)14(8-26)34-12/h1-2,11-14,17-22,25-32H,7-8H2/t11-,12-,13-,14-,17-,18-,19-,20-,21-,22-/m1/s1. The van der Waals surface area contributed by atoms with Crippen LogP contribution in [0, 0.1) is 23.7 Å². The topological polar surface area (TPSA) is 180 Å². The molecule has 2 saturated heterocycles. The highest BCUT2D eigenvalue weighted by atomic mass is 35.5. The normalized spacial score (nSPS) is 37.8. The number of ether oxygens (including phenoxy) is 2. The highest BCUT2D eigenvalue weighted by molar-refractivity contribution is 6.43. The van der Waals surface area contributed by atoms with Crippen molar-refractivity contribution in [1.29, 1.82) is 0 Å². The molecule has 0 bridgehead atoms. The molecule has 2 fully saturated rings. The van der Waals surface area contributed by atoms with Gasteiger partial charge in [-0.1, -0.05) is 46.9 Å². The summed E-state index contributed by atoms with van der Waals surface area (Å²) in [5.41, 5.74) is 0.476. The van der Waals surface area contributed by atoms with Crippen LogP contribution >= 0.6 is 23.2 Å². The van der Waals surface area contributed by atoms with E-state index in [1.165, 1.54) is 12.1 Å². The fraction of sp³-hybridized carbons (Fsp3) is 0.545. The molecule has 12 heteroatoms. The first-order valence-corrected chi connectivity index (χ1v) is 11.0. The van der Waals surface area contributed by atoms with Crippen molar-refractivity contribution < 1.29 is 50.3 Å². The second-order valence-electron chi connectivity index (χ2n) is 7.83. The van der Waals surface area contributed by atoms with Gasteiger partial charge >= 0.3 is 0 Å². The summed E-state index contributed by atoms with van der Waals surface area (Å²) >= 11 is 12.6. The van der Waals surface area contributed by atoms with E-state index < -0.39 is 74.3 Å². The van der Waals surface area contributed by atoms with Crippen molar-refractivity contribution in [2.75, 3.05) is 13.2 Å². The van der Waals surface area contributed by atoms with Crippen molar-refractivity contribution in [1.82, 2.24) is 0 Å². The largest absolute Gasteiger partial charge is 0.394 e. The molecule has 0 unspecified atom stereocenters. The molecule has 0 amide bonds. The van der Waals surface area contributed by atoms with Gasteiger partial charge < -0.3 is 50.3 Å². The minimum atomic E-state index is -1.57. The van der Waals surface area contributed by atoms with Crippen LogP contribution in [-0.2, 0) is 9.47 Å². The second-order valence-corrected chi connectivity index (χ2v) is 8.58. The monoisotopic (exact) mass is 518 g/mol. The Morgan fingerprint density at radius 1 is 0.618 bits per heavy atom. The number of hydrogen-bond donors (Lipinski definition) is 8. The fourth-order valence-electron chi connectivity index (χ4n) is 3.48. The van der Waals surface area contributed by atoms with E-state index in [2.05, 4.69) is 23.7 Å². The summed E-state index contributed by atoms with van der Waals surface area (Å²) < 4.78 is 10.6. The third kappa shape index (κ3) is 5.50. The molecule has 1 aromatic carbocycles. The summed E-state index contributed by atoms with van der Waals surface area (Å²) in [5, 5.41) is 78.1. The van der Waals surface area contributed by atoms with E-state index in [0.717, 1.165) is 0 Å². The number of halogens is 2. The van der Waals surface area contributed by atoms with Crippen molar-refractivity contribution in [3.05, 3.63) is 33.3 Å². The molecular weight excluding hydrogens is 495 g/mol. The Morgan fingerprint density at radius 3 is 1.29 bits per heavy atom. The molecule has 0 saturated carbocycles. The van der Waals surface area contributed by atoms with Crippen molar-refractivity contribution in [2.45, 2.75) is 61.0 Å². The first kappa shape index (κ1) is 27.1. The number of rotatable bonds is 2. The lowest BCUT2D eigenvalue weighted by atomic mass is 9.95. The molecule has 3 rings (SSSR count). The number of benzene rings is 1. The Labute approximate surface area is 204 Å². The molecule has 2 aliphatic rings. The average molecular weight is 519 g/mol. The average Bonchev–Trinajstić information content (AvgIpc) is 2.83. The SMILES string of the molecule is OC[C@H]1O[C@H](C#Cc2ccc(C#C[C@H]3O[C@H](CO)[C@@H](O)[C@H](O)[C@@H]3O)c(Cl)c2Cl)[C@@H](O)[C@@H](O)[C@@H]1O. The molecule has 10 atom stereocenters. The maximum absolute atomic E-state index is 10.1. The van der Waals surface area contributed by atoms with Crippen molar-refractivity contribution in [3.63, 3.8) is 0 Å². The maximum Gasteiger partial charge on any atom is 0.147 e. The van der Waals surface area contributed by atoms with Gasteiger partial charge in [-0.15, -0.1) is 0 Å². The van der Waals surface area contributed by atoms with Crippen LogP contribution in [-0.4, -0.2) is 115 Å². The van der Waals surface area contributed by atoms with Gasteiger partial charge in [0.2, 0.25) is 0 Å². The predicted molar refractivity (Wildman–Crippen MR) is 118 cm³/mol. The van der Waals surface area contributed by atoms with Crippen molar-refractivity contribution in [2.24, 2.45) is 0 Å². The van der Waals surface area contributed by atoms with E-state index in [1.807, 2.05) is 0 Å². The number of aliphatic hydroxyl groups is 8. The first-order chi connectivity index (χ1) is 16.1. The van der Waals surface area contributed by atoms with Gasteiger partial charge in [0.25, 0.3) is 0 Å². The molecule has 10 nitrogen and oxygen atoms in total. The molecule has 34 heavy (non-hydrogen) atoms. The molecule has 2 aliphatic heterocycles. The van der Waals surface area contributed by atoms with Crippen LogP contribution in [0.5, 0.6) is 0 Å². The van der Waals surface area contributed by atoms with Crippen LogP contribution in [0.15, 0.2) is 12.1 Å². The number of hydrogen-bond acceptors (Lipinski definition) is 10. The van der Waals surface area contributed by atoms with Crippen LogP contribution in [0.2, 0.25) is 10.0 Å². The number of aliphatic hydroxyl groups excluding tert-OH is 8. The summed E-state index contributed by atoms with van der Waals surface area (Å²) in [6.45, 7) is -1.17. The summed E-state index contributed by atoms with van der Waals surface area (Å²) in [4.78, 5) is 0. The van der Waals surface area contributed by atoms with Crippen LogP contribution in [0.25, 0.3) is 0 Å². The first-order valence-electron chi connectivity index (χ1n) is 10.2. The van der Waals surface area contributed by atoms with Crippen LogP contribution < -0.4 is 0 Å². The van der Waals surface area contributed by atoms with Crippen LogP contribution in [0.3, 0.4) is 0 Å². The van der Waals surface area contributed by atoms with E-state index in [0.29, 0.717) is 0 Å². The fourth-order valence-corrected chi connectivity index (χ4v) is 3.91. The summed E-state index contributed by atoms with van der Waals surface area (Å²) in [6, 6.07) is 2.95. The molecular formula is C22H24Cl2O10. The lowest BCUT2D eigenvalue weighted by Crippen LogP contribution is -2.58. The molecule has 0 aromatic heterocycles. The van der Waals surface area contributed by atoms with Gasteiger partial charge in [0.15, 0.2) is 0 Å². The molecule has 1 aromatic rings. The second kappa shape index (κ2) is 11.5. The third-order valence-corrected chi connectivity index (χ3v) is 6.45. The van der Waals surface area contributed by atoms with Gasteiger partial charge in [-0.2, -0.15) is 0 Å². The van der Waals surface area contributed by atoms with Gasteiger partial charge in [-0.25, -0.2) is 0 Å². The highest BCUT2D eigenvalue weighted by Gasteiger charge is 2.43. The molecule has 0 aliphatic carbocycles. The highest BCUT2D eigenvalue weighted by Crippen LogP contribution is 2.29. The van der Waals surface area contributed by atoms with Gasteiger partial charge in [-0.05, 0) is 12.1 Å². The summed E-state index contributed by atoms with van der Waals surface area (Å²) in [5.74, 6) is 10.5. The Kier molecular flexibility index (Phi) is 9.17. The summed E-state index contributed by atoms with van der Waals surface area (Å²) in [7, 11) is 0. The van der Waals surface area contributed by atoms with Gasteiger partial charge in [0.05, 0.1) is 23.3 Å². The summed E-state index contributed by atoms with van der Waals surface area (Å²) in [6.07, 6.45) is -13.8. The Balaban J connectivity index is 1.80. The molecule has 186 valence electrons. The Bertz CT molecular complexity index is 916. The van der Waals surface area contributed by atoms with Gasteiger partial charge in [0, 0.05) is 11.1 Å². The lowest BCUT2D eigenvalue weighted by molar-refractivity contribution is -0.214. The zero-order chi connectivity index (χ0) is 25.2. The van der Waals surface area contributed by atoms with Crippen molar-refractivity contribution >= 4 is 23.2 Å². The van der Waals surface area contributed by atoms with E-state index in [-0.39, 0.29) is 21.2 Å². The Morgan fingerprint density at radius 2 is 0.971 bits per heavy atom. The van der Waals surface area contributed by atoms with Gasteiger partial charge in [-0.3, -0.25) is 0 Å². The van der Waals surface area contributed by atoms with E-state index in [1.54, 1.807) is 0 Å².